The van der Waals surface area contributed by atoms with E-state index in [2.05, 4.69) is 13.8 Å². The van der Waals surface area contributed by atoms with E-state index in [1.807, 2.05) is 6.92 Å². The minimum absolute atomic E-state index is 0.00219. The Hall–Kier alpha value is -0.950. The smallest absolute Gasteiger partial charge is 0.297 e. The van der Waals surface area contributed by atoms with Crippen molar-refractivity contribution in [2.24, 2.45) is 5.92 Å². The Morgan fingerprint density at radius 2 is 1.45 bits per heavy atom. The molecule has 5 nitrogen and oxygen atoms in total. The summed E-state index contributed by atoms with van der Waals surface area (Å²) in [5, 5.41) is 0. The fourth-order valence-electron chi connectivity index (χ4n) is 1.62. The van der Waals surface area contributed by atoms with E-state index >= 15 is 0 Å². The Bertz CT molecular complexity index is 508. The Morgan fingerprint density at radius 1 is 0.909 bits per heavy atom. The number of benzene rings is 1. The molecule has 1 aromatic carbocycles. The van der Waals surface area contributed by atoms with E-state index in [1.165, 1.54) is 12.1 Å². The molecule has 126 valence electrons. The molecule has 0 amide bonds. The van der Waals surface area contributed by atoms with Crippen molar-refractivity contribution in [2.45, 2.75) is 32.1 Å². The summed E-state index contributed by atoms with van der Waals surface area (Å²) < 4.78 is 39.3. The van der Waals surface area contributed by atoms with Crippen LogP contribution in [0.25, 0.3) is 0 Å². The van der Waals surface area contributed by atoms with E-state index in [4.69, 9.17) is 13.7 Å². The van der Waals surface area contributed by atoms with Crippen LogP contribution < -0.4 is 0 Å². The van der Waals surface area contributed by atoms with Crippen LogP contribution in [0, 0.1) is 12.8 Å². The third-order valence-corrected chi connectivity index (χ3v) is 4.31. The molecule has 0 aromatic heterocycles. The minimum atomic E-state index is -3.70. The molecule has 0 unspecified atom stereocenters. The Labute approximate surface area is 133 Å². The van der Waals surface area contributed by atoms with E-state index in [0.717, 1.165) is 18.6 Å². The van der Waals surface area contributed by atoms with Gasteiger partial charge < -0.3 is 9.47 Å². The maximum Gasteiger partial charge on any atom is 0.297 e. The predicted molar refractivity (Wildman–Crippen MR) is 85.4 cm³/mol. The van der Waals surface area contributed by atoms with Gasteiger partial charge in [-0.15, -0.1) is 0 Å². The van der Waals surface area contributed by atoms with Crippen LogP contribution in [0.15, 0.2) is 29.2 Å². The zero-order valence-electron chi connectivity index (χ0n) is 13.6. The molecule has 0 bridgehead atoms. The molecule has 0 radical (unpaired) electrons. The number of hydrogen-bond donors (Lipinski definition) is 0. The third kappa shape index (κ3) is 7.89. The molecule has 0 aliphatic carbocycles. The lowest BCUT2D eigenvalue weighted by Gasteiger charge is -2.08. The van der Waals surface area contributed by atoms with Crippen LogP contribution >= 0.6 is 0 Å². The Morgan fingerprint density at radius 3 is 2.05 bits per heavy atom. The van der Waals surface area contributed by atoms with Crippen molar-refractivity contribution in [3.05, 3.63) is 29.8 Å². The first-order valence-electron chi connectivity index (χ1n) is 7.53. The standard InChI is InChI=1S/C16H26O5S/c1-14(2)8-9-19-10-11-20-12-13-21-22(17,18)16-6-4-15(3)5-7-16/h4-7,14H,8-13H2,1-3H3. The predicted octanol–water partition coefficient (Wildman–Crippen LogP) is 2.78. The van der Waals surface area contributed by atoms with Crippen LogP contribution in [0.3, 0.4) is 0 Å². The maximum absolute atomic E-state index is 11.9. The van der Waals surface area contributed by atoms with Crippen LogP contribution in [0.4, 0.5) is 0 Å². The maximum atomic E-state index is 11.9. The van der Waals surface area contributed by atoms with Crippen LogP contribution in [0.2, 0.25) is 0 Å². The zero-order valence-corrected chi connectivity index (χ0v) is 14.4. The van der Waals surface area contributed by atoms with Crippen molar-refractivity contribution in [3.63, 3.8) is 0 Å². The third-order valence-electron chi connectivity index (χ3n) is 2.99. The highest BCUT2D eigenvalue weighted by atomic mass is 32.2. The minimum Gasteiger partial charge on any atom is -0.379 e. The summed E-state index contributed by atoms with van der Waals surface area (Å²) in [5.74, 6) is 0.626. The van der Waals surface area contributed by atoms with Crippen molar-refractivity contribution < 1.29 is 22.1 Å². The summed E-state index contributed by atoms with van der Waals surface area (Å²) in [6, 6.07) is 6.55. The van der Waals surface area contributed by atoms with Crippen LogP contribution in [-0.4, -0.2) is 41.5 Å². The van der Waals surface area contributed by atoms with Gasteiger partial charge in [0.15, 0.2) is 0 Å². The van der Waals surface area contributed by atoms with Gasteiger partial charge >= 0.3 is 0 Å². The second-order valence-electron chi connectivity index (χ2n) is 5.50. The van der Waals surface area contributed by atoms with Crippen molar-refractivity contribution in [2.75, 3.05) is 33.0 Å². The summed E-state index contributed by atoms with van der Waals surface area (Å²) in [6.45, 7) is 8.08. The van der Waals surface area contributed by atoms with Gasteiger partial charge in [-0.05, 0) is 31.4 Å². The lowest BCUT2D eigenvalue weighted by Crippen LogP contribution is -2.14. The van der Waals surface area contributed by atoms with Gasteiger partial charge in [0.05, 0.1) is 31.3 Å². The van der Waals surface area contributed by atoms with Gasteiger partial charge in [-0.3, -0.25) is 4.18 Å². The lowest BCUT2D eigenvalue weighted by molar-refractivity contribution is 0.0341. The number of rotatable bonds is 11. The van der Waals surface area contributed by atoms with Crippen molar-refractivity contribution >= 4 is 10.1 Å². The molecule has 1 rings (SSSR count). The zero-order chi connectivity index (χ0) is 16.4. The normalized spacial score (nSPS) is 12.0. The summed E-state index contributed by atoms with van der Waals surface area (Å²) >= 11 is 0. The summed E-state index contributed by atoms with van der Waals surface area (Å²) in [4.78, 5) is 0.162. The molecule has 0 aliphatic rings. The van der Waals surface area contributed by atoms with E-state index < -0.39 is 10.1 Å². The molecule has 0 spiro atoms. The van der Waals surface area contributed by atoms with Gasteiger partial charge in [0.1, 0.15) is 0 Å². The number of hydrogen-bond acceptors (Lipinski definition) is 5. The highest BCUT2D eigenvalue weighted by Gasteiger charge is 2.14. The average molecular weight is 330 g/mol. The second-order valence-corrected chi connectivity index (χ2v) is 7.11. The molecule has 6 heteroatoms. The van der Waals surface area contributed by atoms with Gasteiger partial charge in [0.25, 0.3) is 10.1 Å². The molecule has 0 atom stereocenters. The monoisotopic (exact) mass is 330 g/mol. The summed E-state index contributed by atoms with van der Waals surface area (Å²) in [6.07, 6.45) is 1.03. The molecule has 0 heterocycles. The first kappa shape index (κ1) is 19.1. The highest BCUT2D eigenvalue weighted by molar-refractivity contribution is 7.86. The molecule has 22 heavy (non-hydrogen) atoms. The highest BCUT2D eigenvalue weighted by Crippen LogP contribution is 2.12. The molecule has 0 saturated heterocycles. The largest absolute Gasteiger partial charge is 0.379 e. The quantitative estimate of drug-likeness (QED) is 0.461. The Kier molecular flexibility index (Phi) is 8.63. The van der Waals surface area contributed by atoms with Gasteiger partial charge in [-0.1, -0.05) is 31.5 Å². The molecular formula is C16H26O5S. The van der Waals surface area contributed by atoms with E-state index in [1.54, 1.807) is 12.1 Å². The molecule has 0 saturated carbocycles. The van der Waals surface area contributed by atoms with Crippen LogP contribution in [0.5, 0.6) is 0 Å². The van der Waals surface area contributed by atoms with Gasteiger partial charge in [-0.25, -0.2) is 0 Å². The fraction of sp³-hybridized carbons (Fsp3) is 0.625. The van der Waals surface area contributed by atoms with E-state index in [0.29, 0.717) is 19.1 Å². The van der Waals surface area contributed by atoms with E-state index in [9.17, 15) is 8.42 Å². The second kappa shape index (κ2) is 9.94. The van der Waals surface area contributed by atoms with Crippen molar-refractivity contribution in [1.82, 2.24) is 0 Å². The molecule has 0 N–H and O–H groups in total. The van der Waals surface area contributed by atoms with Crippen LogP contribution in [-0.2, 0) is 23.8 Å². The summed E-state index contributed by atoms with van der Waals surface area (Å²) in [7, 11) is -3.70. The van der Waals surface area contributed by atoms with Gasteiger partial charge in [0.2, 0.25) is 0 Å². The first-order chi connectivity index (χ1) is 10.4. The lowest BCUT2D eigenvalue weighted by atomic mass is 10.1. The molecule has 0 aliphatic heterocycles. The topological polar surface area (TPSA) is 61.8 Å². The number of ether oxygens (including phenoxy) is 2. The fourth-order valence-corrected chi connectivity index (χ4v) is 2.51. The Balaban J connectivity index is 2.12. The SMILES string of the molecule is Cc1ccc(S(=O)(=O)OCCOCCOCCC(C)C)cc1. The first-order valence-corrected chi connectivity index (χ1v) is 8.94. The van der Waals surface area contributed by atoms with E-state index in [-0.39, 0.29) is 18.1 Å². The van der Waals surface area contributed by atoms with Crippen molar-refractivity contribution in [1.29, 1.82) is 0 Å². The summed E-state index contributed by atoms with van der Waals surface area (Å²) in [5.41, 5.74) is 1.000. The molecular weight excluding hydrogens is 304 g/mol. The number of aryl methyl sites for hydroxylation is 1. The van der Waals surface area contributed by atoms with Gasteiger partial charge in [-0.2, -0.15) is 8.42 Å². The van der Waals surface area contributed by atoms with Gasteiger partial charge in [0, 0.05) is 6.61 Å². The molecule has 0 fully saturated rings. The van der Waals surface area contributed by atoms with Crippen molar-refractivity contribution in [3.8, 4) is 0 Å². The van der Waals surface area contributed by atoms with Crippen LogP contribution in [0.1, 0.15) is 25.8 Å². The average Bonchev–Trinajstić information content (AvgIpc) is 2.45. The molecule has 1 aromatic rings.